The van der Waals surface area contributed by atoms with Crippen molar-refractivity contribution >= 4 is 11.9 Å². The maximum atomic E-state index is 13.0. The van der Waals surface area contributed by atoms with Crippen molar-refractivity contribution in [3.8, 4) is 0 Å². The Balaban J connectivity index is 1.43. The van der Waals surface area contributed by atoms with E-state index in [1.54, 1.807) is 18.5 Å². The van der Waals surface area contributed by atoms with Crippen LogP contribution in [0.5, 0.6) is 0 Å². The molecule has 2 saturated carbocycles. The molecule has 1 spiro atoms. The Morgan fingerprint density at radius 1 is 1.32 bits per heavy atom. The molecule has 0 aromatic carbocycles. The number of nitrogens with zero attached hydrogens (tertiary/aromatic N) is 3. The number of hydrogen-bond donors (Lipinski definition) is 1. The molecule has 1 aliphatic heterocycles. The van der Waals surface area contributed by atoms with Crippen LogP contribution in [-0.2, 0) is 9.53 Å². The summed E-state index contributed by atoms with van der Waals surface area (Å²) in [6, 6.07) is 1.92. The van der Waals surface area contributed by atoms with Crippen LogP contribution in [0.25, 0.3) is 0 Å². The van der Waals surface area contributed by atoms with E-state index in [0.717, 1.165) is 32.4 Å². The van der Waals surface area contributed by atoms with Crippen molar-refractivity contribution in [2.45, 2.75) is 70.1 Å². The van der Waals surface area contributed by atoms with Gasteiger partial charge >= 0.3 is 0 Å². The molecule has 0 radical (unpaired) electrons. The van der Waals surface area contributed by atoms with Crippen LogP contribution in [0.15, 0.2) is 18.5 Å². The van der Waals surface area contributed by atoms with Gasteiger partial charge < -0.3 is 15.0 Å². The first-order chi connectivity index (χ1) is 12.2. The predicted molar refractivity (Wildman–Crippen MR) is 95.3 cm³/mol. The lowest BCUT2D eigenvalue weighted by atomic mass is 9.60. The van der Waals surface area contributed by atoms with Gasteiger partial charge in [-0.2, -0.15) is 0 Å². The molecule has 6 heteroatoms. The van der Waals surface area contributed by atoms with E-state index in [1.165, 1.54) is 25.7 Å². The fraction of sp³-hybridized carbons (Fsp3) is 0.737. The van der Waals surface area contributed by atoms with Crippen LogP contribution in [0.4, 0.5) is 5.95 Å². The quantitative estimate of drug-likeness (QED) is 0.888. The number of carbonyl (C=O) groups is 1. The first kappa shape index (κ1) is 16.8. The van der Waals surface area contributed by atoms with Crippen LogP contribution in [0.3, 0.4) is 0 Å². The molecule has 1 amide bonds. The van der Waals surface area contributed by atoms with Crippen molar-refractivity contribution in [1.82, 2.24) is 15.3 Å². The van der Waals surface area contributed by atoms with E-state index in [4.69, 9.17) is 4.74 Å². The Labute approximate surface area is 149 Å². The number of anilines is 1. The fourth-order valence-electron chi connectivity index (χ4n) is 5.08. The summed E-state index contributed by atoms with van der Waals surface area (Å²) in [7, 11) is 0. The normalized spacial score (nSPS) is 30.4. The summed E-state index contributed by atoms with van der Waals surface area (Å²) < 4.78 is 5.96. The topological polar surface area (TPSA) is 67.3 Å². The Bertz CT molecular complexity index is 603. The van der Waals surface area contributed by atoms with E-state index >= 15 is 0 Å². The number of carbonyl (C=O) groups excluding carboxylic acids is 1. The van der Waals surface area contributed by atoms with E-state index in [2.05, 4.69) is 27.1 Å². The van der Waals surface area contributed by atoms with Gasteiger partial charge in [-0.3, -0.25) is 4.79 Å². The van der Waals surface area contributed by atoms with Gasteiger partial charge in [0.1, 0.15) is 6.04 Å². The van der Waals surface area contributed by atoms with Crippen LogP contribution in [0.2, 0.25) is 0 Å². The van der Waals surface area contributed by atoms with Gasteiger partial charge in [-0.05, 0) is 45.1 Å². The second kappa shape index (κ2) is 6.90. The molecule has 1 aromatic heterocycles. The van der Waals surface area contributed by atoms with Crippen molar-refractivity contribution in [1.29, 1.82) is 0 Å². The average molecular weight is 344 g/mol. The van der Waals surface area contributed by atoms with E-state index in [1.807, 2.05) is 0 Å². The van der Waals surface area contributed by atoms with Gasteiger partial charge in [0.2, 0.25) is 11.9 Å². The zero-order chi connectivity index (χ0) is 17.3. The maximum Gasteiger partial charge on any atom is 0.243 e. The van der Waals surface area contributed by atoms with Crippen molar-refractivity contribution < 1.29 is 9.53 Å². The smallest absolute Gasteiger partial charge is 0.243 e. The van der Waals surface area contributed by atoms with Crippen LogP contribution in [0, 0.1) is 5.41 Å². The molecule has 3 fully saturated rings. The number of ether oxygens (including phenoxy) is 1. The summed E-state index contributed by atoms with van der Waals surface area (Å²) in [6.45, 7) is 3.67. The van der Waals surface area contributed by atoms with Crippen molar-refractivity contribution in [3.63, 3.8) is 0 Å². The first-order valence-electron chi connectivity index (χ1n) is 9.70. The largest absolute Gasteiger partial charge is 0.378 e. The molecule has 1 saturated heterocycles. The third-order valence-corrected chi connectivity index (χ3v) is 6.37. The summed E-state index contributed by atoms with van der Waals surface area (Å²) in [5, 5.41) is 3.36. The van der Waals surface area contributed by atoms with E-state index in [-0.39, 0.29) is 23.4 Å². The monoisotopic (exact) mass is 344 g/mol. The van der Waals surface area contributed by atoms with E-state index < -0.39 is 0 Å². The number of rotatable bonds is 5. The first-order valence-corrected chi connectivity index (χ1v) is 9.70. The minimum absolute atomic E-state index is 0.135. The number of nitrogens with one attached hydrogen (secondary N) is 1. The Morgan fingerprint density at radius 2 is 2.08 bits per heavy atom. The fourth-order valence-corrected chi connectivity index (χ4v) is 5.08. The summed E-state index contributed by atoms with van der Waals surface area (Å²) in [5.41, 5.74) is 0.179. The van der Waals surface area contributed by atoms with Crippen LogP contribution < -0.4 is 10.2 Å². The van der Waals surface area contributed by atoms with Gasteiger partial charge in [0.05, 0.1) is 6.10 Å². The van der Waals surface area contributed by atoms with Gasteiger partial charge in [-0.1, -0.05) is 12.8 Å². The Morgan fingerprint density at radius 3 is 2.80 bits per heavy atom. The van der Waals surface area contributed by atoms with E-state index in [9.17, 15) is 4.79 Å². The van der Waals surface area contributed by atoms with Gasteiger partial charge in [-0.15, -0.1) is 0 Å². The number of aromatic nitrogens is 2. The summed E-state index contributed by atoms with van der Waals surface area (Å²) in [5.74, 6) is 0.799. The lowest BCUT2D eigenvalue weighted by Crippen LogP contribution is -2.65. The second-order valence-electron chi connectivity index (χ2n) is 7.58. The molecule has 2 heterocycles. The van der Waals surface area contributed by atoms with Crippen molar-refractivity contribution in [2.24, 2.45) is 5.41 Å². The lowest BCUT2D eigenvalue weighted by Gasteiger charge is -2.54. The standard InChI is InChI=1S/C19H28N4O2/c1-2-25-16-13-15(19(16)8-3-4-9-19)22-17(24)14-7-5-12-23(14)18-20-10-6-11-21-18/h6,10-11,14-16H,2-5,7-9,12-13H2,1H3,(H,22,24)/t14-,15-,16-/m1/s1. The molecule has 2 aliphatic carbocycles. The third kappa shape index (κ3) is 2.90. The molecular weight excluding hydrogens is 316 g/mol. The highest BCUT2D eigenvalue weighted by molar-refractivity contribution is 5.85. The van der Waals surface area contributed by atoms with Gasteiger partial charge in [0, 0.05) is 37.0 Å². The zero-order valence-corrected chi connectivity index (χ0v) is 15.0. The molecular formula is C19H28N4O2. The van der Waals surface area contributed by atoms with Crippen molar-refractivity contribution in [3.05, 3.63) is 18.5 Å². The van der Waals surface area contributed by atoms with Gasteiger partial charge in [0.15, 0.2) is 0 Å². The molecule has 3 aliphatic rings. The lowest BCUT2D eigenvalue weighted by molar-refractivity contribution is -0.144. The van der Waals surface area contributed by atoms with Crippen molar-refractivity contribution in [2.75, 3.05) is 18.1 Å². The molecule has 6 nitrogen and oxygen atoms in total. The summed E-state index contributed by atoms with van der Waals surface area (Å²) in [6.07, 6.45) is 11.5. The molecule has 1 aromatic rings. The third-order valence-electron chi connectivity index (χ3n) is 6.37. The van der Waals surface area contributed by atoms with E-state index in [0.29, 0.717) is 12.1 Å². The number of amides is 1. The minimum Gasteiger partial charge on any atom is -0.378 e. The Hall–Kier alpha value is -1.69. The molecule has 0 bridgehead atoms. The average Bonchev–Trinajstić information content (AvgIpc) is 3.32. The molecule has 0 unspecified atom stereocenters. The predicted octanol–water partition coefficient (Wildman–Crippen LogP) is 2.30. The summed E-state index contributed by atoms with van der Waals surface area (Å²) in [4.78, 5) is 23.7. The van der Waals surface area contributed by atoms with Crippen LogP contribution >= 0.6 is 0 Å². The SMILES string of the molecule is CCO[C@@H]1C[C@@H](NC(=O)[C@H]2CCCN2c2ncccn2)C12CCCC2. The maximum absolute atomic E-state index is 13.0. The highest BCUT2D eigenvalue weighted by Gasteiger charge is 2.57. The van der Waals surface area contributed by atoms with Crippen LogP contribution in [-0.4, -0.2) is 47.2 Å². The molecule has 136 valence electrons. The summed E-state index contributed by atoms with van der Waals surface area (Å²) >= 11 is 0. The molecule has 25 heavy (non-hydrogen) atoms. The van der Waals surface area contributed by atoms with Gasteiger partial charge in [-0.25, -0.2) is 9.97 Å². The second-order valence-corrected chi connectivity index (χ2v) is 7.58. The van der Waals surface area contributed by atoms with Crippen LogP contribution in [0.1, 0.15) is 51.9 Å². The minimum atomic E-state index is -0.146. The molecule has 1 N–H and O–H groups in total. The Kier molecular flexibility index (Phi) is 4.63. The molecule has 3 atom stereocenters. The highest BCUT2D eigenvalue weighted by atomic mass is 16.5. The highest BCUT2D eigenvalue weighted by Crippen LogP contribution is 2.54. The number of hydrogen-bond acceptors (Lipinski definition) is 5. The zero-order valence-electron chi connectivity index (χ0n) is 15.0. The molecule has 4 rings (SSSR count). The van der Waals surface area contributed by atoms with Gasteiger partial charge in [0.25, 0.3) is 0 Å².